The molecular formula is C9H17N3O3S. The van der Waals surface area contributed by atoms with Gasteiger partial charge in [0.05, 0.1) is 12.1 Å². The second-order valence-corrected chi connectivity index (χ2v) is 5.37. The Balaban J connectivity index is 2.15. The lowest BCUT2D eigenvalue weighted by Gasteiger charge is -2.06. The Bertz CT molecular complexity index is 375. The lowest BCUT2D eigenvalue weighted by Crippen LogP contribution is -2.28. The van der Waals surface area contributed by atoms with Gasteiger partial charge in [-0.3, -0.25) is 0 Å². The van der Waals surface area contributed by atoms with Crippen molar-refractivity contribution in [2.45, 2.75) is 19.4 Å². The van der Waals surface area contributed by atoms with Crippen LogP contribution in [0.5, 0.6) is 0 Å². The van der Waals surface area contributed by atoms with E-state index in [0.717, 1.165) is 6.54 Å². The van der Waals surface area contributed by atoms with Crippen LogP contribution in [0.3, 0.4) is 0 Å². The predicted molar refractivity (Wildman–Crippen MR) is 60.3 cm³/mol. The molecule has 0 bridgehead atoms. The van der Waals surface area contributed by atoms with Gasteiger partial charge in [0.2, 0.25) is 10.0 Å². The van der Waals surface area contributed by atoms with Gasteiger partial charge in [-0.2, -0.15) is 0 Å². The molecule has 1 heterocycles. The van der Waals surface area contributed by atoms with Crippen molar-refractivity contribution in [1.82, 2.24) is 14.3 Å². The molecule has 0 atom stereocenters. The molecule has 0 amide bonds. The SMILES string of the molecule is O=S(=O)(CCCO)NCCCn1ccnc1. The van der Waals surface area contributed by atoms with Crippen LogP contribution >= 0.6 is 0 Å². The summed E-state index contributed by atoms with van der Waals surface area (Å²) in [6, 6.07) is 0. The minimum atomic E-state index is -3.22. The molecule has 1 rings (SSSR count). The fraction of sp³-hybridized carbons (Fsp3) is 0.667. The van der Waals surface area contributed by atoms with Crippen LogP contribution in [0.1, 0.15) is 12.8 Å². The van der Waals surface area contributed by atoms with Crippen molar-refractivity contribution in [3.05, 3.63) is 18.7 Å². The van der Waals surface area contributed by atoms with Crippen molar-refractivity contribution < 1.29 is 13.5 Å². The molecule has 16 heavy (non-hydrogen) atoms. The van der Waals surface area contributed by atoms with Crippen molar-refractivity contribution in [1.29, 1.82) is 0 Å². The maximum atomic E-state index is 11.3. The van der Waals surface area contributed by atoms with Crippen molar-refractivity contribution in [2.75, 3.05) is 18.9 Å². The standard InChI is InChI=1S/C9H17N3O3S/c13-7-2-8-16(14,15)11-3-1-5-12-6-4-10-9-12/h4,6,9,11,13H,1-3,5,7-8H2. The van der Waals surface area contributed by atoms with E-state index in [-0.39, 0.29) is 18.8 Å². The van der Waals surface area contributed by atoms with Gasteiger partial charge in [-0.25, -0.2) is 18.1 Å². The molecule has 0 unspecified atom stereocenters. The third-order valence-corrected chi connectivity index (χ3v) is 3.52. The van der Waals surface area contributed by atoms with Gasteiger partial charge in [0.25, 0.3) is 0 Å². The van der Waals surface area contributed by atoms with Gasteiger partial charge >= 0.3 is 0 Å². The summed E-state index contributed by atoms with van der Waals surface area (Å²) in [6.07, 6.45) is 6.21. The Morgan fingerprint density at radius 2 is 2.19 bits per heavy atom. The molecule has 1 aromatic heterocycles. The van der Waals surface area contributed by atoms with E-state index in [1.807, 2.05) is 10.8 Å². The third-order valence-electron chi connectivity index (χ3n) is 2.05. The largest absolute Gasteiger partial charge is 0.396 e. The van der Waals surface area contributed by atoms with Crippen LogP contribution in [0, 0.1) is 0 Å². The van der Waals surface area contributed by atoms with E-state index in [2.05, 4.69) is 9.71 Å². The second-order valence-electron chi connectivity index (χ2n) is 3.44. The number of hydrogen-bond donors (Lipinski definition) is 2. The van der Waals surface area contributed by atoms with Crippen LogP contribution in [0.15, 0.2) is 18.7 Å². The third kappa shape index (κ3) is 5.24. The zero-order valence-electron chi connectivity index (χ0n) is 9.04. The topological polar surface area (TPSA) is 84.2 Å². The minimum Gasteiger partial charge on any atom is -0.396 e. The first kappa shape index (κ1) is 13.1. The van der Waals surface area contributed by atoms with Crippen LogP contribution in [0.2, 0.25) is 0 Å². The summed E-state index contributed by atoms with van der Waals surface area (Å²) in [7, 11) is -3.22. The van der Waals surface area contributed by atoms with Crippen molar-refractivity contribution in [3.63, 3.8) is 0 Å². The van der Waals surface area contributed by atoms with Crippen LogP contribution in [0.25, 0.3) is 0 Å². The van der Waals surface area contributed by atoms with Gasteiger partial charge in [0.1, 0.15) is 0 Å². The Kier molecular flexibility index (Phi) is 5.44. The number of aromatic nitrogens is 2. The van der Waals surface area contributed by atoms with Gasteiger partial charge in [0.15, 0.2) is 0 Å². The maximum Gasteiger partial charge on any atom is 0.211 e. The summed E-state index contributed by atoms with van der Waals surface area (Å²) in [6.45, 7) is 1.05. The Morgan fingerprint density at radius 1 is 1.38 bits per heavy atom. The summed E-state index contributed by atoms with van der Waals surface area (Å²) in [5.41, 5.74) is 0. The van der Waals surface area contributed by atoms with Gasteiger partial charge < -0.3 is 9.67 Å². The molecule has 1 aromatic rings. The lowest BCUT2D eigenvalue weighted by atomic mass is 10.4. The first-order chi connectivity index (χ1) is 7.64. The molecule has 6 nitrogen and oxygen atoms in total. The van der Waals surface area contributed by atoms with E-state index in [9.17, 15) is 8.42 Å². The monoisotopic (exact) mass is 247 g/mol. The Labute approximate surface area is 95.4 Å². The Hall–Kier alpha value is -0.920. The smallest absolute Gasteiger partial charge is 0.211 e. The molecule has 7 heteroatoms. The van der Waals surface area contributed by atoms with Crippen molar-refractivity contribution in [3.8, 4) is 0 Å². The van der Waals surface area contributed by atoms with E-state index in [1.54, 1.807) is 12.5 Å². The van der Waals surface area contributed by atoms with E-state index in [4.69, 9.17) is 5.11 Å². The summed E-state index contributed by atoms with van der Waals surface area (Å²) < 4.78 is 27.0. The fourth-order valence-electron chi connectivity index (χ4n) is 1.24. The summed E-state index contributed by atoms with van der Waals surface area (Å²) >= 11 is 0. The molecule has 0 saturated carbocycles. The minimum absolute atomic E-state index is 0.0193. The number of nitrogens with one attached hydrogen (secondary N) is 1. The first-order valence-electron chi connectivity index (χ1n) is 5.18. The normalized spacial score (nSPS) is 11.8. The summed E-state index contributed by atoms with van der Waals surface area (Å²) in [4.78, 5) is 3.89. The maximum absolute atomic E-state index is 11.3. The number of aliphatic hydroxyl groups excluding tert-OH is 1. The van der Waals surface area contributed by atoms with E-state index < -0.39 is 10.0 Å². The molecule has 0 radical (unpaired) electrons. The van der Waals surface area contributed by atoms with E-state index >= 15 is 0 Å². The number of aliphatic hydroxyl groups is 1. The van der Waals surface area contributed by atoms with E-state index in [1.165, 1.54) is 0 Å². The molecule has 0 aromatic carbocycles. The van der Waals surface area contributed by atoms with Gasteiger partial charge in [0, 0.05) is 32.1 Å². The summed E-state index contributed by atoms with van der Waals surface area (Å²) in [5.74, 6) is -0.0193. The second kappa shape index (κ2) is 6.62. The molecular weight excluding hydrogens is 230 g/mol. The number of hydrogen-bond acceptors (Lipinski definition) is 4. The first-order valence-corrected chi connectivity index (χ1v) is 6.83. The molecule has 0 spiro atoms. The van der Waals surface area contributed by atoms with Crippen molar-refractivity contribution in [2.24, 2.45) is 0 Å². The molecule has 0 saturated heterocycles. The van der Waals surface area contributed by atoms with Gasteiger partial charge in [-0.1, -0.05) is 0 Å². The van der Waals surface area contributed by atoms with Gasteiger partial charge in [-0.05, 0) is 12.8 Å². The molecule has 2 N–H and O–H groups in total. The summed E-state index contributed by atoms with van der Waals surface area (Å²) in [5, 5.41) is 8.52. The highest BCUT2D eigenvalue weighted by Gasteiger charge is 2.07. The van der Waals surface area contributed by atoms with Crippen LogP contribution in [0.4, 0.5) is 0 Å². The van der Waals surface area contributed by atoms with Crippen LogP contribution < -0.4 is 4.72 Å². The number of imidazole rings is 1. The molecule has 92 valence electrons. The predicted octanol–water partition coefficient (Wildman–Crippen LogP) is -0.425. The quantitative estimate of drug-likeness (QED) is 0.611. The fourth-order valence-corrected chi connectivity index (χ4v) is 2.34. The molecule has 0 aliphatic heterocycles. The molecule has 0 aliphatic carbocycles. The van der Waals surface area contributed by atoms with Gasteiger partial charge in [-0.15, -0.1) is 0 Å². The van der Waals surface area contributed by atoms with Crippen molar-refractivity contribution >= 4 is 10.0 Å². The van der Waals surface area contributed by atoms with Crippen LogP contribution in [-0.2, 0) is 16.6 Å². The Morgan fingerprint density at radius 3 is 2.81 bits per heavy atom. The molecule has 0 aliphatic rings. The highest BCUT2D eigenvalue weighted by atomic mass is 32.2. The molecule has 0 fully saturated rings. The lowest BCUT2D eigenvalue weighted by molar-refractivity contribution is 0.295. The zero-order valence-corrected chi connectivity index (χ0v) is 9.86. The average Bonchev–Trinajstić information content (AvgIpc) is 2.75. The number of rotatable bonds is 8. The van der Waals surface area contributed by atoms with Crippen LogP contribution in [-0.4, -0.2) is 42.0 Å². The zero-order chi connectivity index (χ0) is 11.9. The number of nitrogens with zero attached hydrogens (tertiary/aromatic N) is 2. The highest BCUT2D eigenvalue weighted by molar-refractivity contribution is 7.89. The number of aryl methyl sites for hydroxylation is 1. The average molecular weight is 247 g/mol. The highest BCUT2D eigenvalue weighted by Crippen LogP contribution is 1.92. The van der Waals surface area contributed by atoms with E-state index in [0.29, 0.717) is 13.0 Å². The number of sulfonamides is 1.